The number of hydrogen-bond donors (Lipinski definition) is 1. The summed E-state index contributed by atoms with van der Waals surface area (Å²) in [6.45, 7) is 8.08. The first kappa shape index (κ1) is 22.2. The predicted octanol–water partition coefficient (Wildman–Crippen LogP) is 0.496. The second kappa shape index (κ2) is 8.16. The van der Waals surface area contributed by atoms with E-state index in [9.17, 15) is 18.3 Å². The first-order valence-electron chi connectivity index (χ1n) is 10.7. The quantitative estimate of drug-likeness (QED) is 0.710. The van der Waals surface area contributed by atoms with E-state index in [1.54, 1.807) is 10.9 Å². The number of rotatable bonds is 5. The average molecular weight is 450 g/mol. The molecular formula is C21H31N5O4S. The maximum atomic E-state index is 12.6. The van der Waals surface area contributed by atoms with E-state index in [0.717, 1.165) is 31.9 Å². The Labute approximate surface area is 182 Å². The van der Waals surface area contributed by atoms with Crippen molar-refractivity contribution in [3.05, 3.63) is 34.9 Å². The molecule has 4 rings (SSSR count). The van der Waals surface area contributed by atoms with E-state index in [1.807, 2.05) is 32.0 Å². The number of sulfonamides is 1. The summed E-state index contributed by atoms with van der Waals surface area (Å²) in [6, 6.07) is 5.86. The van der Waals surface area contributed by atoms with Gasteiger partial charge in [0, 0.05) is 57.5 Å². The van der Waals surface area contributed by atoms with Crippen LogP contribution in [0.1, 0.15) is 26.3 Å². The van der Waals surface area contributed by atoms with Crippen molar-refractivity contribution >= 4 is 26.6 Å². The molecule has 2 aliphatic heterocycles. The highest BCUT2D eigenvalue weighted by Gasteiger charge is 2.41. The summed E-state index contributed by atoms with van der Waals surface area (Å²) in [6.07, 6.45) is 3.26. The fourth-order valence-electron chi connectivity index (χ4n) is 4.50. The summed E-state index contributed by atoms with van der Waals surface area (Å²) >= 11 is 0. The number of hydrogen-bond acceptors (Lipinski definition) is 7. The molecule has 1 aromatic heterocycles. The molecule has 0 spiro atoms. The van der Waals surface area contributed by atoms with E-state index in [0.29, 0.717) is 30.4 Å². The van der Waals surface area contributed by atoms with E-state index in [-0.39, 0.29) is 18.1 Å². The molecule has 0 saturated carbocycles. The highest BCUT2D eigenvalue weighted by Crippen LogP contribution is 2.26. The van der Waals surface area contributed by atoms with E-state index in [2.05, 4.69) is 14.8 Å². The van der Waals surface area contributed by atoms with Gasteiger partial charge in [0.05, 0.1) is 29.1 Å². The van der Waals surface area contributed by atoms with Crippen molar-refractivity contribution in [2.45, 2.75) is 31.9 Å². The van der Waals surface area contributed by atoms with Crippen molar-refractivity contribution < 1.29 is 13.5 Å². The van der Waals surface area contributed by atoms with Crippen molar-refractivity contribution in [3.63, 3.8) is 0 Å². The fourth-order valence-corrected chi connectivity index (χ4v) is 5.40. The average Bonchev–Trinajstić information content (AvgIpc) is 3.10. The van der Waals surface area contributed by atoms with Crippen LogP contribution in [0.3, 0.4) is 0 Å². The van der Waals surface area contributed by atoms with Gasteiger partial charge in [0.1, 0.15) is 0 Å². The molecule has 10 heteroatoms. The van der Waals surface area contributed by atoms with Gasteiger partial charge in [0.15, 0.2) is 0 Å². The van der Waals surface area contributed by atoms with E-state index in [1.165, 1.54) is 10.6 Å². The van der Waals surface area contributed by atoms with Gasteiger partial charge in [-0.1, -0.05) is 0 Å². The Kier molecular flexibility index (Phi) is 5.84. The summed E-state index contributed by atoms with van der Waals surface area (Å²) in [7, 11) is -3.27. The number of benzene rings is 1. The molecule has 1 unspecified atom stereocenters. The van der Waals surface area contributed by atoms with Crippen LogP contribution in [0.25, 0.3) is 10.9 Å². The topological polar surface area (TPSA) is 99.0 Å². The van der Waals surface area contributed by atoms with Crippen molar-refractivity contribution in [2.24, 2.45) is 0 Å². The van der Waals surface area contributed by atoms with Gasteiger partial charge >= 0.3 is 0 Å². The number of aromatic nitrogens is 2. The Morgan fingerprint density at radius 1 is 1.16 bits per heavy atom. The van der Waals surface area contributed by atoms with Gasteiger partial charge in [-0.3, -0.25) is 14.3 Å². The highest BCUT2D eigenvalue weighted by molar-refractivity contribution is 7.88. The molecule has 2 aromatic rings. The van der Waals surface area contributed by atoms with Crippen LogP contribution in [0.15, 0.2) is 29.3 Å². The van der Waals surface area contributed by atoms with Gasteiger partial charge in [0.2, 0.25) is 10.0 Å². The van der Waals surface area contributed by atoms with Crippen LogP contribution in [0.5, 0.6) is 0 Å². The molecule has 1 atom stereocenters. The van der Waals surface area contributed by atoms with Crippen molar-refractivity contribution in [1.29, 1.82) is 0 Å². The normalized spacial score (nSPS) is 23.8. The minimum Gasteiger partial charge on any atom is -0.387 e. The number of nitrogens with zero attached hydrogens (tertiary/aromatic N) is 5. The molecule has 1 N–H and O–H groups in total. The Bertz CT molecular complexity index is 1120. The van der Waals surface area contributed by atoms with E-state index < -0.39 is 15.6 Å². The van der Waals surface area contributed by atoms with Crippen LogP contribution >= 0.6 is 0 Å². The minimum atomic E-state index is -3.27. The summed E-state index contributed by atoms with van der Waals surface area (Å²) in [4.78, 5) is 21.5. The lowest BCUT2D eigenvalue weighted by atomic mass is 10.0. The lowest BCUT2D eigenvalue weighted by Crippen LogP contribution is -2.53. The molecule has 2 aliphatic rings. The molecule has 0 amide bonds. The second-order valence-corrected chi connectivity index (χ2v) is 11.1. The number of fused-ring (bicyclic) bond motifs is 1. The first-order chi connectivity index (χ1) is 14.6. The lowest BCUT2D eigenvalue weighted by molar-refractivity contribution is 0.0152. The SMILES string of the molecule is CC(C)n1cnc2cc(N3CCN(CC4(O)CCN(S(C)(=O)=O)C4)CC3)ccc2c1=O. The number of β-amino-alcohol motifs (C(OH)–C–C–N with tert-alkyl or cyclic N) is 1. The zero-order valence-electron chi connectivity index (χ0n) is 18.4. The molecule has 2 fully saturated rings. The zero-order chi connectivity index (χ0) is 22.4. The summed E-state index contributed by atoms with van der Waals surface area (Å²) in [5, 5.41) is 11.5. The molecule has 1 aromatic carbocycles. The maximum Gasteiger partial charge on any atom is 0.261 e. The molecule has 2 saturated heterocycles. The summed E-state index contributed by atoms with van der Waals surface area (Å²) < 4.78 is 26.5. The molecule has 0 radical (unpaired) electrons. The number of aliphatic hydroxyl groups is 1. The van der Waals surface area contributed by atoms with E-state index in [4.69, 9.17) is 0 Å². The largest absolute Gasteiger partial charge is 0.387 e. The third-order valence-corrected chi connectivity index (χ3v) is 7.60. The standard InChI is InChI=1S/C21H31N5O4S/c1-16(2)26-15-22-19-12-17(4-5-18(19)20(26)27)24-10-8-23(9-11-24)13-21(28)6-7-25(14-21)31(3,29)30/h4-5,12,15-16,28H,6-11,13-14H2,1-3H3. The molecule has 170 valence electrons. The predicted molar refractivity (Wildman–Crippen MR) is 121 cm³/mol. The Morgan fingerprint density at radius 3 is 2.48 bits per heavy atom. The maximum absolute atomic E-state index is 12.6. The monoisotopic (exact) mass is 449 g/mol. The minimum absolute atomic E-state index is 0.0238. The van der Waals surface area contributed by atoms with Crippen LogP contribution in [0.2, 0.25) is 0 Å². The second-order valence-electron chi connectivity index (χ2n) is 9.09. The lowest BCUT2D eigenvalue weighted by Gasteiger charge is -2.39. The smallest absolute Gasteiger partial charge is 0.261 e. The molecule has 31 heavy (non-hydrogen) atoms. The van der Waals surface area contributed by atoms with Gasteiger partial charge in [0.25, 0.3) is 5.56 Å². The van der Waals surface area contributed by atoms with Gasteiger partial charge in [-0.15, -0.1) is 0 Å². The summed E-state index contributed by atoms with van der Waals surface area (Å²) in [5.74, 6) is 0. The highest BCUT2D eigenvalue weighted by atomic mass is 32.2. The molecule has 9 nitrogen and oxygen atoms in total. The van der Waals surface area contributed by atoms with Gasteiger partial charge in [-0.2, -0.15) is 4.31 Å². The van der Waals surface area contributed by atoms with Crippen LogP contribution < -0.4 is 10.5 Å². The first-order valence-corrected chi connectivity index (χ1v) is 12.6. The van der Waals surface area contributed by atoms with Crippen LogP contribution in [-0.2, 0) is 10.0 Å². The zero-order valence-corrected chi connectivity index (χ0v) is 19.2. The fraction of sp³-hybridized carbons (Fsp3) is 0.619. The molecular weight excluding hydrogens is 418 g/mol. The van der Waals surface area contributed by atoms with Gasteiger partial charge < -0.3 is 10.0 Å². The Hall–Kier alpha value is -2.01. The van der Waals surface area contributed by atoms with Crippen molar-refractivity contribution in [3.8, 4) is 0 Å². The van der Waals surface area contributed by atoms with Crippen molar-refractivity contribution in [1.82, 2.24) is 18.8 Å². The number of anilines is 1. The number of piperazine rings is 1. The molecule has 0 aliphatic carbocycles. The van der Waals surface area contributed by atoms with Crippen molar-refractivity contribution in [2.75, 3.05) is 57.0 Å². The Balaban J connectivity index is 1.40. The summed E-state index contributed by atoms with van der Waals surface area (Å²) in [5.41, 5.74) is 0.713. The van der Waals surface area contributed by atoms with Gasteiger partial charge in [-0.05, 0) is 38.5 Å². The van der Waals surface area contributed by atoms with Crippen LogP contribution in [0.4, 0.5) is 5.69 Å². The van der Waals surface area contributed by atoms with Crippen LogP contribution in [0, 0.1) is 0 Å². The van der Waals surface area contributed by atoms with Crippen LogP contribution in [-0.4, -0.2) is 90.0 Å². The third kappa shape index (κ3) is 4.62. The molecule has 0 bridgehead atoms. The van der Waals surface area contributed by atoms with E-state index >= 15 is 0 Å². The molecule has 3 heterocycles. The third-order valence-electron chi connectivity index (χ3n) is 6.35. The van der Waals surface area contributed by atoms with Gasteiger partial charge in [-0.25, -0.2) is 13.4 Å². The Morgan fingerprint density at radius 2 is 1.87 bits per heavy atom.